The van der Waals surface area contributed by atoms with Crippen molar-refractivity contribution in [3.8, 4) is 0 Å². The highest BCUT2D eigenvalue weighted by atomic mass is 32.1. The minimum Gasteiger partial charge on any atom is -0.339 e. The van der Waals surface area contributed by atoms with E-state index in [1.807, 2.05) is 11.8 Å². The molecule has 1 unspecified atom stereocenters. The lowest BCUT2D eigenvalue weighted by Crippen LogP contribution is -2.52. The molecule has 0 radical (unpaired) electrons. The summed E-state index contributed by atoms with van der Waals surface area (Å²) in [5, 5.41) is 2.11. The fourth-order valence-corrected chi connectivity index (χ4v) is 2.90. The molecule has 2 heterocycles. The third-order valence-electron chi connectivity index (χ3n) is 3.40. The minimum absolute atomic E-state index is 0.105. The van der Waals surface area contributed by atoms with E-state index in [0.29, 0.717) is 6.42 Å². The molecule has 0 bridgehead atoms. The van der Waals surface area contributed by atoms with E-state index in [1.54, 1.807) is 11.3 Å². The molecular weight excluding hydrogens is 246 g/mol. The van der Waals surface area contributed by atoms with Gasteiger partial charge in [0.1, 0.15) is 0 Å². The summed E-state index contributed by atoms with van der Waals surface area (Å²) in [5.74, 6) is 0.105. The van der Waals surface area contributed by atoms with Crippen molar-refractivity contribution in [2.24, 2.45) is 5.73 Å². The number of hydrogen-bond donors (Lipinski definition) is 1. The van der Waals surface area contributed by atoms with Gasteiger partial charge in [0.25, 0.3) is 0 Å². The Bertz CT molecular complexity index is 372. The summed E-state index contributed by atoms with van der Waals surface area (Å²) in [6.45, 7) is 6.45. The highest BCUT2D eigenvalue weighted by Crippen LogP contribution is 2.13. The molecule has 1 fully saturated rings. The summed E-state index contributed by atoms with van der Waals surface area (Å²) in [4.78, 5) is 17.6. The zero-order valence-electron chi connectivity index (χ0n) is 10.8. The summed E-state index contributed by atoms with van der Waals surface area (Å²) in [7, 11) is 0. The smallest absolute Gasteiger partial charge is 0.239 e. The lowest BCUT2D eigenvalue weighted by Gasteiger charge is -2.35. The number of piperazine rings is 1. The molecule has 1 amide bonds. The molecule has 100 valence electrons. The van der Waals surface area contributed by atoms with Crippen LogP contribution in [-0.4, -0.2) is 47.9 Å². The van der Waals surface area contributed by atoms with Crippen molar-refractivity contribution >= 4 is 17.2 Å². The van der Waals surface area contributed by atoms with Gasteiger partial charge in [-0.2, -0.15) is 0 Å². The predicted molar refractivity (Wildman–Crippen MR) is 74.4 cm³/mol. The van der Waals surface area contributed by atoms with Crippen LogP contribution < -0.4 is 5.73 Å². The Kier molecular flexibility index (Phi) is 4.74. The Labute approximate surface area is 112 Å². The van der Waals surface area contributed by atoms with Gasteiger partial charge in [-0.15, -0.1) is 11.3 Å². The van der Waals surface area contributed by atoms with Crippen LogP contribution in [0.5, 0.6) is 0 Å². The van der Waals surface area contributed by atoms with Gasteiger partial charge in [-0.05, 0) is 17.9 Å². The molecule has 1 aliphatic rings. The quantitative estimate of drug-likeness (QED) is 0.889. The van der Waals surface area contributed by atoms with Crippen molar-refractivity contribution in [3.05, 3.63) is 22.4 Å². The van der Waals surface area contributed by atoms with Crippen molar-refractivity contribution in [1.29, 1.82) is 0 Å². The normalized spacial score (nSPS) is 18.9. The Morgan fingerprint density at radius 3 is 2.72 bits per heavy atom. The molecule has 1 aromatic rings. The number of hydrogen-bond acceptors (Lipinski definition) is 4. The van der Waals surface area contributed by atoms with Gasteiger partial charge >= 0.3 is 0 Å². The summed E-state index contributed by atoms with van der Waals surface area (Å²) in [6.07, 6.45) is 0.717. The van der Waals surface area contributed by atoms with Crippen LogP contribution in [0.2, 0.25) is 0 Å². The predicted octanol–water partition coefficient (Wildman–Crippen LogP) is 1.13. The van der Waals surface area contributed by atoms with E-state index in [-0.39, 0.29) is 11.9 Å². The number of nitrogens with two attached hydrogens (primary N) is 1. The van der Waals surface area contributed by atoms with Gasteiger partial charge in [0.2, 0.25) is 5.91 Å². The fourth-order valence-electron chi connectivity index (χ4n) is 2.16. The van der Waals surface area contributed by atoms with E-state index < -0.39 is 0 Å². The molecule has 5 heteroatoms. The van der Waals surface area contributed by atoms with Crippen LogP contribution in [-0.2, 0) is 11.3 Å². The first-order valence-electron chi connectivity index (χ1n) is 6.49. The maximum atomic E-state index is 11.9. The summed E-state index contributed by atoms with van der Waals surface area (Å²) >= 11 is 1.79. The second-order valence-corrected chi connectivity index (χ2v) is 5.73. The zero-order chi connectivity index (χ0) is 13.0. The molecule has 2 rings (SSSR count). The van der Waals surface area contributed by atoms with Gasteiger partial charge in [0.15, 0.2) is 0 Å². The van der Waals surface area contributed by atoms with E-state index in [0.717, 1.165) is 32.7 Å². The standard InChI is InChI=1S/C13H21N3OS/c1-2-12(14)13(17)16-7-5-15(6-8-16)10-11-4-3-9-18-11/h3-4,9,12H,2,5-8,10,14H2,1H3. The first kappa shape index (κ1) is 13.5. The van der Waals surface area contributed by atoms with Crippen LogP contribution >= 0.6 is 11.3 Å². The SMILES string of the molecule is CCC(N)C(=O)N1CCN(Cc2cccs2)CC1. The second kappa shape index (κ2) is 6.31. The van der Waals surface area contributed by atoms with Gasteiger partial charge in [-0.1, -0.05) is 13.0 Å². The number of amides is 1. The van der Waals surface area contributed by atoms with Crippen LogP contribution in [0.25, 0.3) is 0 Å². The van der Waals surface area contributed by atoms with Crippen LogP contribution in [0, 0.1) is 0 Å². The molecule has 1 aliphatic heterocycles. The van der Waals surface area contributed by atoms with Gasteiger partial charge < -0.3 is 10.6 Å². The first-order chi connectivity index (χ1) is 8.70. The molecule has 2 N–H and O–H groups in total. The zero-order valence-corrected chi connectivity index (χ0v) is 11.7. The Hall–Kier alpha value is -0.910. The Morgan fingerprint density at radius 1 is 1.44 bits per heavy atom. The number of carbonyl (C=O) groups excluding carboxylic acids is 1. The lowest BCUT2D eigenvalue weighted by atomic mass is 10.2. The van der Waals surface area contributed by atoms with Crippen molar-refractivity contribution in [2.75, 3.05) is 26.2 Å². The number of carbonyl (C=O) groups is 1. The van der Waals surface area contributed by atoms with Gasteiger partial charge in [0.05, 0.1) is 6.04 Å². The number of thiophene rings is 1. The summed E-state index contributed by atoms with van der Waals surface area (Å²) < 4.78 is 0. The maximum Gasteiger partial charge on any atom is 0.239 e. The molecule has 1 atom stereocenters. The highest BCUT2D eigenvalue weighted by molar-refractivity contribution is 7.09. The number of nitrogens with zero attached hydrogens (tertiary/aromatic N) is 2. The maximum absolute atomic E-state index is 11.9. The van der Waals surface area contributed by atoms with E-state index in [9.17, 15) is 4.79 Å². The van der Waals surface area contributed by atoms with Crippen molar-refractivity contribution in [1.82, 2.24) is 9.80 Å². The summed E-state index contributed by atoms with van der Waals surface area (Å²) in [6, 6.07) is 3.92. The number of rotatable bonds is 4. The Balaban J connectivity index is 1.79. The van der Waals surface area contributed by atoms with E-state index in [1.165, 1.54) is 4.88 Å². The fraction of sp³-hybridized carbons (Fsp3) is 0.615. The lowest BCUT2D eigenvalue weighted by molar-refractivity contribution is -0.134. The minimum atomic E-state index is -0.325. The molecule has 0 aromatic carbocycles. The third kappa shape index (κ3) is 3.31. The molecule has 0 saturated carbocycles. The van der Waals surface area contributed by atoms with E-state index >= 15 is 0 Å². The molecule has 0 spiro atoms. The van der Waals surface area contributed by atoms with Crippen LogP contribution in [0.1, 0.15) is 18.2 Å². The largest absolute Gasteiger partial charge is 0.339 e. The molecule has 4 nitrogen and oxygen atoms in total. The average Bonchev–Trinajstić information content (AvgIpc) is 2.91. The molecule has 18 heavy (non-hydrogen) atoms. The molecule has 1 saturated heterocycles. The highest BCUT2D eigenvalue weighted by Gasteiger charge is 2.24. The van der Waals surface area contributed by atoms with Crippen LogP contribution in [0.15, 0.2) is 17.5 Å². The van der Waals surface area contributed by atoms with Crippen molar-refractivity contribution < 1.29 is 4.79 Å². The third-order valence-corrected chi connectivity index (χ3v) is 4.26. The average molecular weight is 267 g/mol. The van der Waals surface area contributed by atoms with E-state index in [2.05, 4.69) is 22.4 Å². The van der Waals surface area contributed by atoms with Crippen molar-refractivity contribution in [3.63, 3.8) is 0 Å². The monoisotopic (exact) mass is 267 g/mol. The Morgan fingerprint density at radius 2 is 2.17 bits per heavy atom. The van der Waals surface area contributed by atoms with Gasteiger partial charge in [-0.3, -0.25) is 9.69 Å². The van der Waals surface area contributed by atoms with Crippen LogP contribution in [0.3, 0.4) is 0 Å². The molecular formula is C13H21N3OS. The van der Waals surface area contributed by atoms with Crippen LogP contribution in [0.4, 0.5) is 0 Å². The first-order valence-corrected chi connectivity index (χ1v) is 7.37. The molecule has 1 aromatic heterocycles. The van der Waals surface area contributed by atoms with Gasteiger partial charge in [-0.25, -0.2) is 0 Å². The van der Waals surface area contributed by atoms with Crippen molar-refractivity contribution in [2.45, 2.75) is 25.9 Å². The second-order valence-electron chi connectivity index (χ2n) is 4.70. The van der Waals surface area contributed by atoms with E-state index in [4.69, 9.17) is 5.73 Å². The molecule has 0 aliphatic carbocycles. The van der Waals surface area contributed by atoms with Gasteiger partial charge in [0, 0.05) is 37.6 Å². The topological polar surface area (TPSA) is 49.6 Å². The summed E-state index contributed by atoms with van der Waals surface area (Å²) in [5.41, 5.74) is 5.79.